The molecular formula is C13H11F3N2OS2. The summed E-state index contributed by atoms with van der Waals surface area (Å²) >= 11 is 1.81. The zero-order chi connectivity index (χ0) is 15.5. The van der Waals surface area contributed by atoms with Crippen LogP contribution in [0, 0.1) is 0 Å². The molecule has 1 aromatic carbocycles. The Labute approximate surface area is 127 Å². The van der Waals surface area contributed by atoms with Gasteiger partial charge in [0, 0.05) is 4.90 Å². The summed E-state index contributed by atoms with van der Waals surface area (Å²) in [4.78, 5) is 12.7. The lowest BCUT2D eigenvalue weighted by atomic mass is 10.3. The van der Waals surface area contributed by atoms with Crippen LogP contribution < -0.4 is 11.1 Å². The number of anilines is 2. The molecule has 0 saturated carbocycles. The van der Waals surface area contributed by atoms with Crippen molar-refractivity contribution in [3.8, 4) is 0 Å². The number of hydrogen-bond donors (Lipinski definition) is 2. The summed E-state index contributed by atoms with van der Waals surface area (Å²) in [5.74, 6) is -1.44. The van der Waals surface area contributed by atoms with Gasteiger partial charge in [0.1, 0.15) is 4.88 Å². The van der Waals surface area contributed by atoms with Crippen molar-refractivity contribution in [2.24, 2.45) is 0 Å². The Morgan fingerprint density at radius 2 is 2.00 bits per heavy atom. The number of benzene rings is 1. The molecule has 112 valence electrons. The molecular weight excluding hydrogens is 321 g/mol. The van der Waals surface area contributed by atoms with Crippen LogP contribution in [0.4, 0.5) is 24.5 Å². The van der Waals surface area contributed by atoms with Crippen molar-refractivity contribution in [2.45, 2.75) is 11.1 Å². The number of rotatable bonds is 4. The summed E-state index contributed by atoms with van der Waals surface area (Å²) in [6.45, 7) is 0. The summed E-state index contributed by atoms with van der Waals surface area (Å²) in [5, 5.41) is 4.27. The van der Waals surface area contributed by atoms with Gasteiger partial charge in [0.15, 0.2) is 0 Å². The van der Waals surface area contributed by atoms with Crippen LogP contribution in [-0.4, -0.2) is 17.8 Å². The molecule has 2 rings (SSSR count). The van der Waals surface area contributed by atoms with Crippen molar-refractivity contribution in [3.63, 3.8) is 0 Å². The molecule has 2 aromatic rings. The van der Waals surface area contributed by atoms with Crippen LogP contribution in [0.15, 0.2) is 40.6 Å². The quantitative estimate of drug-likeness (QED) is 0.824. The molecule has 1 aromatic heterocycles. The second-order valence-corrected chi connectivity index (χ2v) is 5.99. The van der Waals surface area contributed by atoms with Gasteiger partial charge in [-0.25, -0.2) is 0 Å². The molecule has 8 heteroatoms. The van der Waals surface area contributed by atoms with E-state index in [1.54, 1.807) is 29.6 Å². The Balaban J connectivity index is 2.13. The predicted octanol–water partition coefficient (Wildman–Crippen LogP) is 4.24. The van der Waals surface area contributed by atoms with Gasteiger partial charge in [-0.1, -0.05) is 12.1 Å². The van der Waals surface area contributed by atoms with Gasteiger partial charge in [-0.3, -0.25) is 4.79 Å². The topological polar surface area (TPSA) is 55.1 Å². The number of carbonyl (C=O) groups excluding carboxylic acids is 1. The highest BCUT2D eigenvalue weighted by Gasteiger charge is 2.27. The fraction of sp³-hybridized carbons (Fsp3) is 0.154. The number of thiophene rings is 1. The molecule has 1 amide bonds. The van der Waals surface area contributed by atoms with Gasteiger partial charge in [-0.2, -0.15) is 13.2 Å². The zero-order valence-corrected chi connectivity index (χ0v) is 12.2. The maximum atomic E-state index is 12.3. The summed E-state index contributed by atoms with van der Waals surface area (Å²) in [6, 6.07) is 7.95. The van der Waals surface area contributed by atoms with E-state index in [1.807, 2.05) is 0 Å². The van der Waals surface area contributed by atoms with Crippen molar-refractivity contribution in [3.05, 3.63) is 40.6 Å². The van der Waals surface area contributed by atoms with Gasteiger partial charge in [-0.15, -0.1) is 23.1 Å². The number of nitrogens with one attached hydrogen (secondary N) is 1. The standard InChI is InChI=1S/C13H11F3N2OS2/c14-13(15,16)7-21-10-4-2-1-3-9(10)18-12(19)11-8(17)5-6-20-11/h1-6H,7,17H2,(H,18,19). The van der Waals surface area contributed by atoms with E-state index < -0.39 is 17.8 Å². The van der Waals surface area contributed by atoms with Gasteiger partial charge >= 0.3 is 6.18 Å². The van der Waals surface area contributed by atoms with Crippen LogP contribution in [0.25, 0.3) is 0 Å². The van der Waals surface area contributed by atoms with Gasteiger partial charge < -0.3 is 11.1 Å². The number of carbonyl (C=O) groups is 1. The first-order valence-electron chi connectivity index (χ1n) is 5.80. The first-order chi connectivity index (χ1) is 9.87. The molecule has 0 unspecified atom stereocenters. The first kappa shape index (κ1) is 15.7. The summed E-state index contributed by atoms with van der Waals surface area (Å²) in [7, 11) is 0. The summed E-state index contributed by atoms with van der Waals surface area (Å²) in [6.07, 6.45) is -4.26. The van der Waals surface area contributed by atoms with E-state index in [4.69, 9.17) is 5.73 Å². The average Bonchev–Trinajstić information content (AvgIpc) is 2.83. The number of amides is 1. The Bertz CT molecular complexity index is 640. The van der Waals surface area contributed by atoms with Crippen molar-refractivity contribution in [1.29, 1.82) is 0 Å². The zero-order valence-electron chi connectivity index (χ0n) is 10.6. The monoisotopic (exact) mass is 332 g/mol. The molecule has 0 aliphatic carbocycles. The van der Waals surface area contributed by atoms with E-state index in [2.05, 4.69) is 5.32 Å². The van der Waals surface area contributed by atoms with Crippen molar-refractivity contribution >= 4 is 40.4 Å². The highest BCUT2D eigenvalue weighted by Crippen LogP contribution is 2.32. The van der Waals surface area contributed by atoms with Gasteiger partial charge in [0.05, 0.1) is 17.1 Å². The molecule has 0 spiro atoms. The fourth-order valence-corrected chi connectivity index (χ4v) is 3.02. The van der Waals surface area contributed by atoms with Crippen molar-refractivity contribution in [1.82, 2.24) is 0 Å². The van der Waals surface area contributed by atoms with Gasteiger partial charge in [0.2, 0.25) is 0 Å². The molecule has 0 aliphatic heterocycles. The highest BCUT2D eigenvalue weighted by atomic mass is 32.2. The number of hydrogen-bond acceptors (Lipinski definition) is 4. The maximum Gasteiger partial charge on any atom is 0.398 e. The Hall–Kier alpha value is -1.67. The molecule has 3 nitrogen and oxygen atoms in total. The van der Waals surface area contributed by atoms with Crippen LogP contribution in [0.3, 0.4) is 0 Å². The lowest BCUT2D eigenvalue weighted by molar-refractivity contribution is -0.105. The van der Waals surface area contributed by atoms with E-state index in [1.165, 1.54) is 17.4 Å². The van der Waals surface area contributed by atoms with Crippen LogP contribution in [0.5, 0.6) is 0 Å². The second-order valence-electron chi connectivity index (χ2n) is 4.06. The largest absolute Gasteiger partial charge is 0.398 e. The minimum absolute atomic E-state index is 0.338. The molecule has 0 atom stereocenters. The average molecular weight is 332 g/mol. The van der Waals surface area contributed by atoms with Crippen LogP contribution in [0.1, 0.15) is 9.67 Å². The predicted molar refractivity (Wildman–Crippen MR) is 79.9 cm³/mol. The lowest BCUT2D eigenvalue weighted by Gasteiger charge is -2.11. The molecule has 0 fully saturated rings. The third-order valence-corrected chi connectivity index (χ3v) is 4.50. The molecule has 21 heavy (non-hydrogen) atoms. The molecule has 0 bridgehead atoms. The highest BCUT2D eigenvalue weighted by molar-refractivity contribution is 7.99. The number of para-hydroxylation sites is 1. The SMILES string of the molecule is Nc1ccsc1C(=O)Nc1ccccc1SCC(F)(F)F. The van der Waals surface area contributed by atoms with E-state index in [0.717, 1.165) is 0 Å². The lowest BCUT2D eigenvalue weighted by Crippen LogP contribution is -2.14. The Morgan fingerprint density at radius 1 is 1.29 bits per heavy atom. The Kier molecular flexibility index (Phi) is 4.79. The fourth-order valence-electron chi connectivity index (χ4n) is 1.54. The molecule has 1 heterocycles. The minimum Gasteiger partial charge on any atom is -0.397 e. The molecule has 0 radical (unpaired) electrons. The smallest absolute Gasteiger partial charge is 0.397 e. The number of halogens is 3. The van der Waals surface area contributed by atoms with E-state index in [-0.39, 0.29) is 0 Å². The number of nitrogen functional groups attached to an aromatic ring is 1. The third kappa shape index (κ3) is 4.40. The van der Waals surface area contributed by atoms with Crippen LogP contribution >= 0.6 is 23.1 Å². The van der Waals surface area contributed by atoms with Gasteiger partial charge in [-0.05, 0) is 23.6 Å². The van der Waals surface area contributed by atoms with E-state index in [0.29, 0.717) is 32.9 Å². The normalized spacial score (nSPS) is 11.4. The molecule has 0 saturated heterocycles. The number of alkyl halides is 3. The minimum atomic E-state index is -4.26. The van der Waals surface area contributed by atoms with Gasteiger partial charge in [0.25, 0.3) is 5.91 Å². The summed E-state index contributed by atoms with van der Waals surface area (Å²) < 4.78 is 36.9. The number of thioether (sulfide) groups is 1. The van der Waals surface area contributed by atoms with E-state index >= 15 is 0 Å². The van der Waals surface area contributed by atoms with Crippen molar-refractivity contribution in [2.75, 3.05) is 16.8 Å². The second kappa shape index (κ2) is 6.40. The molecule has 0 aliphatic rings. The van der Waals surface area contributed by atoms with Crippen LogP contribution in [-0.2, 0) is 0 Å². The third-order valence-electron chi connectivity index (χ3n) is 2.43. The summed E-state index contributed by atoms with van der Waals surface area (Å²) in [5.41, 5.74) is 6.33. The first-order valence-corrected chi connectivity index (χ1v) is 7.66. The number of nitrogens with two attached hydrogens (primary N) is 1. The van der Waals surface area contributed by atoms with Crippen molar-refractivity contribution < 1.29 is 18.0 Å². The molecule has 3 N–H and O–H groups in total. The Morgan fingerprint density at radius 3 is 2.62 bits per heavy atom. The maximum absolute atomic E-state index is 12.3. The van der Waals surface area contributed by atoms with E-state index in [9.17, 15) is 18.0 Å². The van der Waals surface area contributed by atoms with Crippen LogP contribution in [0.2, 0.25) is 0 Å².